The van der Waals surface area contributed by atoms with Crippen molar-refractivity contribution in [3.63, 3.8) is 0 Å². The van der Waals surface area contributed by atoms with E-state index < -0.39 is 0 Å². The summed E-state index contributed by atoms with van der Waals surface area (Å²) < 4.78 is 7.02. The largest absolute Gasteiger partial charge is 0.448 e. The van der Waals surface area contributed by atoms with E-state index in [0.29, 0.717) is 44.2 Å². The summed E-state index contributed by atoms with van der Waals surface area (Å²) in [7, 11) is 0. The van der Waals surface area contributed by atoms with Gasteiger partial charge >= 0.3 is 6.09 Å². The van der Waals surface area contributed by atoms with Crippen LogP contribution in [0.2, 0.25) is 0 Å². The van der Waals surface area contributed by atoms with Crippen LogP contribution in [0.15, 0.2) is 48.9 Å². The Balaban J connectivity index is 1.19. The first-order valence-electron chi connectivity index (χ1n) is 10.0. The number of amides is 2. The van der Waals surface area contributed by atoms with Crippen LogP contribution in [0.1, 0.15) is 22.5 Å². The molecule has 30 heavy (non-hydrogen) atoms. The zero-order valence-electron chi connectivity index (χ0n) is 16.4. The van der Waals surface area contributed by atoms with Crippen LogP contribution in [0, 0.1) is 0 Å². The molecular weight excluding hydrogens is 384 g/mol. The highest BCUT2D eigenvalue weighted by Crippen LogP contribution is 2.21. The Labute approximate surface area is 173 Å². The zero-order valence-corrected chi connectivity index (χ0v) is 16.4. The SMILES string of the molecule is O=C(c1ccc(NCc2cnc3ccccn23)nc1)N1CC[C@H](N2CCOC2=O)C1. The van der Waals surface area contributed by atoms with Crippen LogP contribution in [-0.2, 0) is 11.3 Å². The summed E-state index contributed by atoms with van der Waals surface area (Å²) in [5, 5.41) is 3.27. The van der Waals surface area contributed by atoms with Gasteiger partial charge in [-0.1, -0.05) is 6.07 Å². The summed E-state index contributed by atoms with van der Waals surface area (Å²) in [6, 6.07) is 9.49. The first kappa shape index (κ1) is 18.4. The van der Waals surface area contributed by atoms with Crippen molar-refractivity contribution in [2.24, 2.45) is 0 Å². The molecule has 0 unspecified atom stereocenters. The fraction of sp³-hybridized carbons (Fsp3) is 0.333. The number of fused-ring (bicyclic) bond motifs is 1. The maximum atomic E-state index is 12.8. The van der Waals surface area contributed by atoms with E-state index in [1.54, 1.807) is 22.1 Å². The molecule has 154 valence electrons. The molecule has 9 nitrogen and oxygen atoms in total. The third kappa shape index (κ3) is 3.42. The molecule has 1 N–H and O–H groups in total. The molecule has 2 aliphatic rings. The van der Waals surface area contributed by atoms with Gasteiger partial charge in [-0.25, -0.2) is 14.8 Å². The number of anilines is 1. The van der Waals surface area contributed by atoms with E-state index in [0.717, 1.165) is 17.8 Å². The summed E-state index contributed by atoms with van der Waals surface area (Å²) in [5.41, 5.74) is 2.46. The van der Waals surface area contributed by atoms with E-state index in [9.17, 15) is 9.59 Å². The van der Waals surface area contributed by atoms with E-state index in [1.807, 2.05) is 41.1 Å². The minimum absolute atomic E-state index is 0.0309. The van der Waals surface area contributed by atoms with E-state index in [1.165, 1.54) is 0 Å². The van der Waals surface area contributed by atoms with E-state index in [2.05, 4.69) is 15.3 Å². The second-order valence-electron chi connectivity index (χ2n) is 7.47. The molecule has 0 aliphatic carbocycles. The zero-order chi connectivity index (χ0) is 20.5. The fourth-order valence-electron chi connectivity index (χ4n) is 4.02. The van der Waals surface area contributed by atoms with Crippen LogP contribution in [0.3, 0.4) is 0 Å². The number of hydrogen-bond acceptors (Lipinski definition) is 6. The third-order valence-corrected chi connectivity index (χ3v) is 5.64. The van der Waals surface area contributed by atoms with Crippen molar-refractivity contribution in [1.29, 1.82) is 0 Å². The number of ether oxygens (including phenoxy) is 1. The molecule has 0 spiro atoms. The lowest BCUT2D eigenvalue weighted by molar-refractivity contribution is 0.0779. The molecule has 0 radical (unpaired) electrons. The molecule has 0 aromatic carbocycles. The molecular formula is C21H22N6O3. The van der Waals surface area contributed by atoms with Gasteiger partial charge in [0.15, 0.2) is 0 Å². The fourth-order valence-corrected chi connectivity index (χ4v) is 4.02. The number of pyridine rings is 2. The minimum Gasteiger partial charge on any atom is -0.448 e. The molecule has 3 aromatic rings. The van der Waals surface area contributed by atoms with Crippen LogP contribution < -0.4 is 5.32 Å². The number of rotatable bonds is 5. The van der Waals surface area contributed by atoms with E-state index in [-0.39, 0.29) is 18.0 Å². The van der Waals surface area contributed by atoms with Crippen LogP contribution in [-0.4, -0.2) is 68.5 Å². The summed E-state index contributed by atoms with van der Waals surface area (Å²) in [5.74, 6) is 0.627. The minimum atomic E-state index is -0.280. The molecule has 2 fully saturated rings. The molecule has 9 heteroatoms. The van der Waals surface area contributed by atoms with Gasteiger partial charge in [0, 0.05) is 25.5 Å². The van der Waals surface area contributed by atoms with Crippen LogP contribution >= 0.6 is 0 Å². The maximum absolute atomic E-state index is 12.8. The number of hydrogen-bond donors (Lipinski definition) is 1. The molecule has 5 heterocycles. The van der Waals surface area contributed by atoms with Gasteiger partial charge < -0.3 is 19.4 Å². The van der Waals surface area contributed by atoms with Gasteiger partial charge in [-0.05, 0) is 30.7 Å². The van der Waals surface area contributed by atoms with Gasteiger partial charge in [0.1, 0.15) is 18.1 Å². The van der Waals surface area contributed by atoms with Gasteiger partial charge in [0.05, 0.1) is 36.6 Å². The monoisotopic (exact) mass is 406 g/mol. The molecule has 0 bridgehead atoms. The number of cyclic esters (lactones) is 1. The molecule has 0 saturated carbocycles. The van der Waals surface area contributed by atoms with E-state index in [4.69, 9.17) is 4.74 Å². The summed E-state index contributed by atoms with van der Waals surface area (Å²) >= 11 is 0. The van der Waals surface area contributed by atoms with Crippen molar-refractivity contribution in [2.75, 3.05) is 31.6 Å². The van der Waals surface area contributed by atoms with Crippen molar-refractivity contribution in [2.45, 2.75) is 19.0 Å². The Kier molecular flexibility index (Phi) is 4.70. The van der Waals surface area contributed by atoms with Gasteiger partial charge in [-0.3, -0.25) is 9.69 Å². The van der Waals surface area contributed by atoms with Gasteiger partial charge in [-0.2, -0.15) is 0 Å². The average Bonchev–Trinajstić information content (AvgIpc) is 3.51. The second kappa shape index (κ2) is 7.66. The van der Waals surface area contributed by atoms with Crippen molar-refractivity contribution in [3.8, 4) is 0 Å². The highest BCUT2D eigenvalue weighted by atomic mass is 16.6. The summed E-state index contributed by atoms with van der Waals surface area (Å²) in [6.07, 6.45) is 5.89. The smallest absolute Gasteiger partial charge is 0.410 e. The van der Waals surface area contributed by atoms with Crippen LogP contribution in [0.25, 0.3) is 5.65 Å². The Morgan fingerprint density at radius 3 is 2.90 bits per heavy atom. The lowest BCUT2D eigenvalue weighted by atomic mass is 10.2. The molecule has 1 atom stereocenters. The van der Waals surface area contributed by atoms with Crippen LogP contribution in [0.5, 0.6) is 0 Å². The first-order valence-corrected chi connectivity index (χ1v) is 10.0. The predicted octanol–water partition coefficient (Wildman–Crippen LogP) is 2.01. The molecule has 2 amide bonds. The lowest BCUT2D eigenvalue weighted by Gasteiger charge is -2.21. The topological polar surface area (TPSA) is 92.1 Å². The Hall–Kier alpha value is -3.62. The molecule has 5 rings (SSSR count). The van der Waals surface area contributed by atoms with Gasteiger partial charge in [0.25, 0.3) is 5.91 Å². The number of aromatic nitrogens is 3. The number of imidazole rings is 1. The number of nitrogens with one attached hydrogen (secondary N) is 1. The predicted molar refractivity (Wildman–Crippen MR) is 109 cm³/mol. The van der Waals surface area contributed by atoms with Crippen molar-refractivity contribution >= 4 is 23.5 Å². The Morgan fingerprint density at radius 2 is 2.10 bits per heavy atom. The van der Waals surface area contributed by atoms with Crippen molar-refractivity contribution in [3.05, 3.63) is 60.2 Å². The first-order chi connectivity index (χ1) is 14.7. The van der Waals surface area contributed by atoms with Gasteiger partial charge in [0.2, 0.25) is 0 Å². The summed E-state index contributed by atoms with van der Waals surface area (Å²) in [6.45, 7) is 2.76. The average molecular weight is 406 g/mol. The van der Waals surface area contributed by atoms with Crippen molar-refractivity contribution in [1.82, 2.24) is 24.2 Å². The number of carbonyl (C=O) groups is 2. The molecule has 2 aliphatic heterocycles. The Morgan fingerprint density at radius 1 is 1.17 bits per heavy atom. The van der Waals surface area contributed by atoms with E-state index >= 15 is 0 Å². The molecule has 3 aromatic heterocycles. The Bertz CT molecular complexity index is 1080. The third-order valence-electron chi connectivity index (χ3n) is 5.64. The molecule has 2 saturated heterocycles. The number of carbonyl (C=O) groups excluding carboxylic acids is 2. The quantitative estimate of drug-likeness (QED) is 0.697. The standard InChI is InChI=1S/C21H22N6O3/c28-20(25-8-6-16(14-25)27-9-10-30-21(27)29)15-4-5-18(22-11-15)23-12-17-13-24-19-3-1-2-7-26(17)19/h1-5,7,11,13,16H,6,8-10,12,14H2,(H,22,23)/t16-/m0/s1. The lowest BCUT2D eigenvalue weighted by Crippen LogP contribution is -2.39. The number of likely N-dealkylation sites (tertiary alicyclic amines) is 1. The number of nitrogens with zero attached hydrogens (tertiary/aromatic N) is 5. The highest BCUT2D eigenvalue weighted by molar-refractivity contribution is 5.94. The normalized spacial score (nSPS) is 18.8. The summed E-state index contributed by atoms with van der Waals surface area (Å²) in [4.78, 5) is 36.8. The second-order valence-corrected chi connectivity index (χ2v) is 7.47. The van der Waals surface area contributed by atoms with Gasteiger partial charge in [-0.15, -0.1) is 0 Å². The van der Waals surface area contributed by atoms with Crippen molar-refractivity contribution < 1.29 is 14.3 Å². The highest BCUT2D eigenvalue weighted by Gasteiger charge is 2.36. The maximum Gasteiger partial charge on any atom is 0.410 e. The van der Waals surface area contributed by atoms with Crippen LogP contribution in [0.4, 0.5) is 10.6 Å².